The van der Waals surface area contributed by atoms with E-state index < -0.39 is 16.9 Å². The van der Waals surface area contributed by atoms with E-state index in [-0.39, 0.29) is 16.2 Å². The number of non-ortho nitro benzene ring substituents is 1. The number of aromatic nitrogens is 3. The van der Waals surface area contributed by atoms with E-state index in [4.69, 9.17) is 16.6 Å². The number of H-pyrrole nitrogens is 1. The Kier molecular flexibility index (Phi) is 4.42. The van der Waals surface area contributed by atoms with Gasteiger partial charge in [0.05, 0.1) is 11.1 Å². The van der Waals surface area contributed by atoms with Gasteiger partial charge in [0.25, 0.3) is 11.5 Å². The molecule has 134 valence electrons. The topological polar surface area (TPSA) is 102 Å². The Bertz CT molecular complexity index is 1030. The van der Waals surface area contributed by atoms with Crippen molar-refractivity contribution >= 4 is 24.1 Å². The van der Waals surface area contributed by atoms with Crippen LogP contribution in [0.5, 0.6) is 0 Å². The highest BCUT2D eigenvalue weighted by Crippen LogP contribution is 2.27. The van der Waals surface area contributed by atoms with E-state index in [2.05, 4.69) is 10.2 Å². The summed E-state index contributed by atoms with van der Waals surface area (Å²) in [6, 6.07) is 8.65. The molecule has 26 heavy (non-hydrogen) atoms. The van der Waals surface area contributed by atoms with Crippen LogP contribution in [0.4, 0.5) is 18.9 Å². The van der Waals surface area contributed by atoms with Gasteiger partial charge in [-0.25, -0.2) is 5.10 Å². The second-order valence-corrected chi connectivity index (χ2v) is 5.30. The van der Waals surface area contributed by atoms with Gasteiger partial charge in [0.1, 0.15) is 11.5 Å². The van der Waals surface area contributed by atoms with Crippen LogP contribution in [0.2, 0.25) is 0 Å². The fourth-order valence-corrected chi connectivity index (χ4v) is 2.20. The monoisotopic (exact) mass is 383 g/mol. The molecule has 0 saturated carbocycles. The third-order valence-electron chi connectivity index (χ3n) is 3.19. The molecular weight excluding hydrogens is 375 g/mol. The molecule has 8 nitrogen and oxygen atoms in total. The molecule has 0 spiro atoms. The van der Waals surface area contributed by atoms with Crippen molar-refractivity contribution in [3.8, 4) is 11.3 Å². The first-order valence-corrected chi connectivity index (χ1v) is 7.30. The minimum absolute atomic E-state index is 0.0731. The number of hydrogen-bond donors (Lipinski definition) is 1. The van der Waals surface area contributed by atoms with Gasteiger partial charge in [-0.15, -0.1) is 5.10 Å². The Balaban J connectivity index is 1.85. The van der Waals surface area contributed by atoms with Crippen LogP contribution in [0.3, 0.4) is 0 Å². The number of nitrogens with zero attached hydrogens (tertiary/aromatic N) is 4. The molecule has 2 aromatic heterocycles. The Labute approximate surface area is 147 Å². The number of benzene rings is 1. The summed E-state index contributed by atoms with van der Waals surface area (Å²) in [5.41, 5.74) is 0.488. The van der Waals surface area contributed by atoms with Crippen molar-refractivity contribution < 1.29 is 22.5 Å². The lowest BCUT2D eigenvalue weighted by molar-refractivity contribution is -0.384. The summed E-state index contributed by atoms with van der Waals surface area (Å²) in [4.78, 5) is 10.1. The summed E-state index contributed by atoms with van der Waals surface area (Å²) in [5.74, 6) is -0.761. The maximum absolute atomic E-state index is 12.8. The summed E-state index contributed by atoms with van der Waals surface area (Å²) in [6.45, 7) is 0. The van der Waals surface area contributed by atoms with Gasteiger partial charge in [0, 0.05) is 17.7 Å². The zero-order chi connectivity index (χ0) is 18.9. The number of nitrogens with one attached hydrogen (secondary N) is 1. The van der Waals surface area contributed by atoms with Crippen molar-refractivity contribution in [3.63, 3.8) is 0 Å². The zero-order valence-electron chi connectivity index (χ0n) is 12.6. The van der Waals surface area contributed by atoms with Crippen LogP contribution < -0.4 is 0 Å². The van der Waals surface area contributed by atoms with E-state index >= 15 is 0 Å². The first-order chi connectivity index (χ1) is 12.3. The second-order valence-electron chi connectivity index (χ2n) is 4.91. The smallest absolute Gasteiger partial charge is 0.453 e. The Morgan fingerprint density at radius 2 is 1.96 bits per heavy atom. The van der Waals surface area contributed by atoms with E-state index in [1.807, 2.05) is 5.10 Å². The van der Waals surface area contributed by atoms with Crippen LogP contribution in [0.15, 0.2) is 45.9 Å². The van der Waals surface area contributed by atoms with Crippen LogP contribution in [0.1, 0.15) is 11.6 Å². The van der Waals surface area contributed by atoms with Gasteiger partial charge >= 0.3 is 6.18 Å². The Hall–Kier alpha value is -3.28. The first-order valence-electron chi connectivity index (χ1n) is 6.89. The third kappa shape index (κ3) is 3.54. The van der Waals surface area contributed by atoms with Gasteiger partial charge in [-0.3, -0.25) is 10.1 Å². The van der Waals surface area contributed by atoms with Gasteiger partial charge < -0.3 is 4.42 Å². The molecule has 0 bridgehead atoms. The predicted octanol–water partition coefficient (Wildman–Crippen LogP) is 4.01. The number of aromatic amines is 1. The number of halogens is 3. The van der Waals surface area contributed by atoms with Crippen molar-refractivity contribution in [1.82, 2.24) is 14.9 Å². The van der Waals surface area contributed by atoms with Gasteiger partial charge in [-0.2, -0.15) is 22.9 Å². The third-order valence-corrected chi connectivity index (χ3v) is 3.46. The SMILES string of the molecule is O=[N+]([O-])c1ccc(-c2ccc(/C=N\n3c(C(F)(F)F)n[nH]c3=S)o2)cc1. The lowest BCUT2D eigenvalue weighted by atomic mass is 10.1. The quantitative estimate of drug-likeness (QED) is 0.317. The summed E-state index contributed by atoms with van der Waals surface area (Å²) in [5, 5.41) is 19.4. The molecule has 1 N–H and O–H groups in total. The normalized spacial score (nSPS) is 12.0. The van der Waals surface area contributed by atoms with Crippen molar-refractivity contribution in [1.29, 1.82) is 0 Å². The van der Waals surface area contributed by atoms with Crippen molar-refractivity contribution in [2.45, 2.75) is 6.18 Å². The van der Waals surface area contributed by atoms with E-state index in [0.29, 0.717) is 16.0 Å². The van der Waals surface area contributed by atoms with Crippen LogP contribution in [-0.2, 0) is 6.18 Å². The summed E-state index contributed by atoms with van der Waals surface area (Å²) in [7, 11) is 0. The molecule has 0 unspecified atom stereocenters. The van der Waals surface area contributed by atoms with Crippen LogP contribution in [-0.4, -0.2) is 26.0 Å². The molecule has 0 radical (unpaired) electrons. The molecule has 1 aromatic carbocycles. The number of hydrogen-bond acceptors (Lipinski definition) is 6. The standard InChI is InChI=1S/C14H8F3N5O3S/c15-14(16,17)12-19-20-13(26)21(12)18-7-10-5-6-11(25-10)8-1-3-9(4-2-8)22(23)24/h1-7H,(H,20,26)/b18-7-. The van der Waals surface area contributed by atoms with Crippen molar-refractivity contribution in [3.05, 3.63) is 62.9 Å². The molecule has 12 heteroatoms. The fraction of sp³-hybridized carbons (Fsp3) is 0.0714. The van der Waals surface area contributed by atoms with Crippen molar-refractivity contribution in [2.75, 3.05) is 0 Å². The highest BCUT2D eigenvalue weighted by molar-refractivity contribution is 7.71. The minimum atomic E-state index is -4.72. The molecule has 3 aromatic rings. The summed E-state index contributed by atoms with van der Waals surface area (Å²) in [6.07, 6.45) is -3.67. The van der Waals surface area contributed by atoms with E-state index in [0.717, 1.165) is 6.21 Å². The van der Waals surface area contributed by atoms with Gasteiger partial charge in [0.2, 0.25) is 4.77 Å². The molecule has 2 heterocycles. The minimum Gasteiger partial charge on any atom is -0.455 e. The van der Waals surface area contributed by atoms with Crippen LogP contribution in [0, 0.1) is 14.9 Å². The second kappa shape index (κ2) is 6.55. The number of alkyl halides is 3. The number of nitro benzene ring substituents is 1. The lowest BCUT2D eigenvalue weighted by Crippen LogP contribution is -2.12. The highest BCUT2D eigenvalue weighted by atomic mass is 32.1. The molecule has 0 aliphatic rings. The van der Waals surface area contributed by atoms with E-state index in [1.165, 1.54) is 30.3 Å². The molecule has 0 atom stereocenters. The van der Waals surface area contributed by atoms with Crippen LogP contribution in [0.25, 0.3) is 11.3 Å². The molecule has 3 rings (SSSR count). The molecule has 0 aliphatic heterocycles. The maximum atomic E-state index is 12.8. The number of furan rings is 1. The van der Waals surface area contributed by atoms with Gasteiger partial charge in [0.15, 0.2) is 0 Å². The van der Waals surface area contributed by atoms with Gasteiger partial charge in [-0.1, -0.05) is 0 Å². The highest BCUT2D eigenvalue weighted by Gasteiger charge is 2.37. The van der Waals surface area contributed by atoms with E-state index in [9.17, 15) is 23.3 Å². The largest absolute Gasteiger partial charge is 0.455 e. The molecule has 0 fully saturated rings. The van der Waals surface area contributed by atoms with Crippen LogP contribution >= 0.6 is 12.2 Å². The average Bonchev–Trinajstić information content (AvgIpc) is 3.19. The summed E-state index contributed by atoms with van der Waals surface area (Å²) >= 11 is 4.72. The zero-order valence-corrected chi connectivity index (χ0v) is 13.4. The molecule has 0 saturated heterocycles. The Morgan fingerprint density at radius 1 is 1.27 bits per heavy atom. The fourth-order valence-electron chi connectivity index (χ4n) is 2.02. The molecule has 0 amide bonds. The first kappa shape index (κ1) is 17.5. The lowest BCUT2D eigenvalue weighted by Gasteiger charge is -2.03. The molecule has 0 aliphatic carbocycles. The number of rotatable bonds is 4. The average molecular weight is 383 g/mol. The van der Waals surface area contributed by atoms with E-state index in [1.54, 1.807) is 6.07 Å². The molecular formula is C14H8F3N5O3S. The maximum Gasteiger partial charge on any atom is 0.453 e. The van der Waals surface area contributed by atoms with Gasteiger partial charge in [-0.05, 0) is 36.5 Å². The predicted molar refractivity (Wildman–Crippen MR) is 86.2 cm³/mol. The Morgan fingerprint density at radius 3 is 2.58 bits per heavy atom. The number of nitro groups is 1. The van der Waals surface area contributed by atoms with Crippen molar-refractivity contribution in [2.24, 2.45) is 5.10 Å². The summed E-state index contributed by atoms with van der Waals surface area (Å²) < 4.78 is 44.0.